The number of nitrogens with one attached hydrogen (secondary N) is 1. The van der Waals surface area contributed by atoms with Crippen LogP contribution in [-0.2, 0) is 10.9 Å². The number of unbranched alkanes of at least 4 members (excludes halogenated alkanes) is 1. The van der Waals surface area contributed by atoms with E-state index in [1.807, 2.05) is 0 Å². The molecule has 0 amide bonds. The highest BCUT2D eigenvalue weighted by Gasteiger charge is 2.30. The van der Waals surface area contributed by atoms with E-state index >= 15 is 0 Å². The molecule has 1 aromatic rings. The third-order valence-electron chi connectivity index (χ3n) is 2.28. The number of rotatable bonds is 7. The van der Waals surface area contributed by atoms with Gasteiger partial charge in [0.15, 0.2) is 0 Å². The molecule has 0 saturated heterocycles. The number of nitrogens with zero attached hydrogens (tertiary/aromatic N) is 1. The molecule has 0 unspecified atom stereocenters. The van der Waals surface area contributed by atoms with Crippen molar-refractivity contribution in [2.24, 2.45) is 0 Å². The van der Waals surface area contributed by atoms with Crippen LogP contribution in [0.5, 0.6) is 0 Å². The molecule has 0 saturated carbocycles. The molecule has 0 aliphatic carbocycles. The summed E-state index contributed by atoms with van der Waals surface area (Å²) in [6, 6.07) is 1.94. The van der Waals surface area contributed by atoms with Crippen LogP contribution in [0.25, 0.3) is 0 Å². The first kappa shape index (κ1) is 14.8. The molecule has 1 aromatic heterocycles. The second-order valence-electron chi connectivity index (χ2n) is 3.82. The number of halogens is 3. The van der Waals surface area contributed by atoms with Gasteiger partial charge in [0.05, 0.1) is 12.2 Å². The molecule has 0 aromatic carbocycles. The predicted molar refractivity (Wildman–Crippen MR) is 63.5 cm³/mol. The van der Waals surface area contributed by atoms with Crippen LogP contribution in [0.1, 0.15) is 25.3 Å². The zero-order chi connectivity index (χ0) is 13.4. The topological polar surface area (TPSA) is 34.1 Å². The number of anilines is 1. The number of pyridine rings is 1. The second kappa shape index (κ2) is 7.20. The van der Waals surface area contributed by atoms with Crippen molar-refractivity contribution in [1.82, 2.24) is 4.98 Å². The van der Waals surface area contributed by atoms with Crippen LogP contribution in [0.2, 0.25) is 0 Å². The lowest BCUT2D eigenvalue weighted by Crippen LogP contribution is -2.12. The molecule has 102 valence electrons. The average molecular weight is 262 g/mol. The van der Waals surface area contributed by atoms with Gasteiger partial charge >= 0.3 is 6.18 Å². The molecule has 18 heavy (non-hydrogen) atoms. The van der Waals surface area contributed by atoms with E-state index in [1.165, 1.54) is 0 Å². The maximum absolute atomic E-state index is 12.4. The summed E-state index contributed by atoms with van der Waals surface area (Å²) in [5.74, 6) is 0.212. The van der Waals surface area contributed by atoms with Crippen LogP contribution in [-0.4, -0.2) is 24.7 Å². The Labute approximate surface area is 104 Å². The van der Waals surface area contributed by atoms with Crippen molar-refractivity contribution in [3.63, 3.8) is 0 Å². The lowest BCUT2D eigenvalue weighted by molar-refractivity contribution is -0.137. The largest absolute Gasteiger partial charge is 0.416 e. The van der Waals surface area contributed by atoms with Gasteiger partial charge in [-0.1, -0.05) is 13.3 Å². The lowest BCUT2D eigenvalue weighted by Gasteiger charge is -2.09. The minimum absolute atomic E-state index is 0.212. The van der Waals surface area contributed by atoms with E-state index in [-0.39, 0.29) is 5.82 Å². The first-order chi connectivity index (χ1) is 8.54. The minimum atomic E-state index is -4.34. The van der Waals surface area contributed by atoms with Gasteiger partial charge in [0, 0.05) is 19.3 Å². The molecular formula is C12H17F3N2O. The fourth-order valence-electron chi connectivity index (χ4n) is 1.30. The predicted octanol–water partition coefficient (Wildman–Crippen LogP) is 3.33. The Morgan fingerprint density at radius 2 is 2.11 bits per heavy atom. The summed E-state index contributed by atoms with van der Waals surface area (Å²) < 4.78 is 42.5. The first-order valence-electron chi connectivity index (χ1n) is 5.89. The van der Waals surface area contributed by atoms with Crippen molar-refractivity contribution >= 4 is 5.82 Å². The molecule has 1 rings (SSSR count). The standard InChI is InChI=1S/C12H17F3N2O/c1-2-3-7-18-8-6-17-11-9-10(4-5-16-11)12(13,14)15/h4-5,9H,2-3,6-8H2,1H3,(H,16,17). The SMILES string of the molecule is CCCCOCCNc1cc(C(F)(F)F)ccn1. The first-order valence-corrected chi connectivity index (χ1v) is 5.89. The summed E-state index contributed by atoms with van der Waals surface area (Å²) in [5.41, 5.74) is -0.702. The van der Waals surface area contributed by atoms with Gasteiger partial charge in [-0.2, -0.15) is 13.2 Å². The Kier molecular flexibility index (Phi) is 5.91. The van der Waals surface area contributed by atoms with Crippen molar-refractivity contribution in [2.45, 2.75) is 25.9 Å². The zero-order valence-electron chi connectivity index (χ0n) is 10.3. The lowest BCUT2D eigenvalue weighted by atomic mass is 10.2. The van der Waals surface area contributed by atoms with Crippen molar-refractivity contribution in [1.29, 1.82) is 0 Å². The summed E-state index contributed by atoms with van der Waals surface area (Å²) in [7, 11) is 0. The van der Waals surface area contributed by atoms with Gasteiger partial charge in [0.1, 0.15) is 5.82 Å². The van der Waals surface area contributed by atoms with E-state index in [2.05, 4.69) is 17.2 Å². The molecule has 1 heterocycles. The van der Waals surface area contributed by atoms with E-state index in [1.54, 1.807) is 0 Å². The second-order valence-corrected chi connectivity index (χ2v) is 3.82. The van der Waals surface area contributed by atoms with Gasteiger partial charge in [-0.25, -0.2) is 4.98 Å². The number of aromatic nitrogens is 1. The summed E-state index contributed by atoms with van der Waals surface area (Å²) in [5, 5.41) is 2.80. The Morgan fingerprint density at radius 3 is 2.78 bits per heavy atom. The summed E-state index contributed by atoms with van der Waals surface area (Å²) in [4.78, 5) is 3.82. The quantitative estimate of drug-likeness (QED) is 0.765. The van der Waals surface area contributed by atoms with Crippen LogP contribution in [0.4, 0.5) is 19.0 Å². The van der Waals surface area contributed by atoms with Crippen LogP contribution in [0.3, 0.4) is 0 Å². The molecule has 0 radical (unpaired) electrons. The van der Waals surface area contributed by atoms with Crippen molar-refractivity contribution < 1.29 is 17.9 Å². The van der Waals surface area contributed by atoms with E-state index in [0.717, 1.165) is 31.2 Å². The molecule has 0 fully saturated rings. The van der Waals surface area contributed by atoms with Crippen molar-refractivity contribution in [3.8, 4) is 0 Å². The number of alkyl halides is 3. The molecule has 0 atom stereocenters. The summed E-state index contributed by atoms with van der Waals surface area (Å²) in [6.07, 6.45) is -1.15. The Balaban J connectivity index is 2.34. The van der Waals surface area contributed by atoms with Crippen LogP contribution < -0.4 is 5.32 Å². The van der Waals surface area contributed by atoms with E-state index in [0.29, 0.717) is 19.8 Å². The Bertz CT molecular complexity index is 355. The minimum Gasteiger partial charge on any atom is -0.380 e. The third-order valence-corrected chi connectivity index (χ3v) is 2.28. The summed E-state index contributed by atoms with van der Waals surface area (Å²) >= 11 is 0. The van der Waals surface area contributed by atoms with Gasteiger partial charge in [0.2, 0.25) is 0 Å². The van der Waals surface area contributed by atoms with Crippen LogP contribution in [0, 0.1) is 0 Å². The number of hydrogen-bond acceptors (Lipinski definition) is 3. The van der Waals surface area contributed by atoms with Crippen molar-refractivity contribution in [3.05, 3.63) is 23.9 Å². The molecule has 0 aliphatic heterocycles. The highest BCUT2D eigenvalue weighted by Crippen LogP contribution is 2.29. The molecule has 0 aliphatic rings. The normalized spacial score (nSPS) is 11.6. The average Bonchev–Trinajstić information content (AvgIpc) is 2.33. The molecule has 3 nitrogen and oxygen atoms in total. The van der Waals surface area contributed by atoms with Gasteiger partial charge in [0.25, 0.3) is 0 Å². The number of hydrogen-bond donors (Lipinski definition) is 1. The molecular weight excluding hydrogens is 245 g/mol. The van der Waals surface area contributed by atoms with Crippen molar-refractivity contribution in [2.75, 3.05) is 25.1 Å². The van der Waals surface area contributed by atoms with E-state index in [9.17, 15) is 13.2 Å². The van der Waals surface area contributed by atoms with Gasteiger partial charge in [-0.3, -0.25) is 0 Å². The van der Waals surface area contributed by atoms with E-state index in [4.69, 9.17) is 4.74 Å². The fraction of sp³-hybridized carbons (Fsp3) is 0.583. The van der Waals surface area contributed by atoms with Crippen LogP contribution in [0.15, 0.2) is 18.3 Å². The summed E-state index contributed by atoms with van der Waals surface area (Å²) in [6.45, 7) is 3.64. The molecule has 6 heteroatoms. The fourth-order valence-corrected chi connectivity index (χ4v) is 1.30. The van der Waals surface area contributed by atoms with Gasteiger partial charge < -0.3 is 10.1 Å². The Hall–Kier alpha value is -1.30. The highest BCUT2D eigenvalue weighted by molar-refractivity contribution is 5.38. The zero-order valence-corrected chi connectivity index (χ0v) is 10.3. The smallest absolute Gasteiger partial charge is 0.380 e. The molecule has 1 N–H and O–H groups in total. The number of ether oxygens (including phenoxy) is 1. The van der Waals surface area contributed by atoms with Gasteiger partial charge in [-0.15, -0.1) is 0 Å². The molecule has 0 spiro atoms. The maximum atomic E-state index is 12.4. The van der Waals surface area contributed by atoms with Gasteiger partial charge in [-0.05, 0) is 18.6 Å². The Morgan fingerprint density at radius 1 is 1.33 bits per heavy atom. The monoisotopic (exact) mass is 262 g/mol. The third kappa shape index (κ3) is 5.35. The maximum Gasteiger partial charge on any atom is 0.416 e. The highest BCUT2D eigenvalue weighted by atomic mass is 19.4. The van der Waals surface area contributed by atoms with Crippen LogP contribution >= 0.6 is 0 Å². The molecule has 0 bridgehead atoms. The van der Waals surface area contributed by atoms with E-state index < -0.39 is 11.7 Å².